The Balaban J connectivity index is 1.53. The SMILES string of the molecule is C[C@H]1COCCN1CCNC(=O)CCCOc1cccc(F)c1. The summed E-state index contributed by atoms with van der Waals surface area (Å²) in [6, 6.07) is 6.41. The fraction of sp³-hybridized carbons (Fsp3) is 0.588. The molecule has 1 amide bonds. The van der Waals surface area contributed by atoms with Crippen LogP contribution in [0.25, 0.3) is 0 Å². The second-order valence-electron chi connectivity index (χ2n) is 5.72. The molecule has 1 aromatic carbocycles. The molecule has 0 aliphatic carbocycles. The highest BCUT2D eigenvalue weighted by atomic mass is 19.1. The summed E-state index contributed by atoms with van der Waals surface area (Å²) in [7, 11) is 0. The van der Waals surface area contributed by atoms with Crippen LogP contribution in [0.15, 0.2) is 24.3 Å². The van der Waals surface area contributed by atoms with Gasteiger partial charge in [-0.05, 0) is 25.5 Å². The van der Waals surface area contributed by atoms with Crippen LogP contribution in [0.1, 0.15) is 19.8 Å². The first-order valence-corrected chi connectivity index (χ1v) is 8.12. The Kier molecular flexibility index (Phi) is 7.29. The van der Waals surface area contributed by atoms with Gasteiger partial charge in [-0.25, -0.2) is 4.39 Å². The van der Waals surface area contributed by atoms with Gasteiger partial charge in [-0.2, -0.15) is 0 Å². The predicted molar refractivity (Wildman–Crippen MR) is 86.0 cm³/mol. The maximum absolute atomic E-state index is 13.0. The van der Waals surface area contributed by atoms with Crippen LogP contribution in [0.5, 0.6) is 5.75 Å². The zero-order valence-corrected chi connectivity index (χ0v) is 13.6. The minimum atomic E-state index is -0.322. The van der Waals surface area contributed by atoms with E-state index >= 15 is 0 Å². The number of carbonyl (C=O) groups is 1. The Morgan fingerprint density at radius 1 is 1.52 bits per heavy atom. The molecule has 1 heterocycles. The van der Waals surface area contributed by atoms with Gasteiger partial charge in [0, 0.05) is 38.2 Å². The highest BCUT2D eigenvalue weighted by Crippen LogP contribution is 2.12. The summed E-state index contributed by atoms with van der Waals surface area (Å²) < 4.78 is 23.8. The molecule has 0 unspecified atom stereocenters. The van der Waals surface area contributed by atoms with Crippen molar-refractivity contribution in [2.24, 2.45) is 0 Å². The number of amides is 1. The van der Waals surface area contributed by atoms with Crippen LogP contribution in [0.4, 0.5) is 4.39 Å². The van der Waals surface area contributed by atoms with E-state index in [0.29, 0.717) is 37.8 Å². The molecule has 1 fully saturated rings. The Morgan fingerprint density at radius 2 is 2.39 bits per heavy atom. The quantitative estimate of drug-likeness (QED) is 0.741. The number of hydrogen-bond acceptors (Lipinski definition) is 4. The van der Waals surface area contributed by atoms with Crippen molar-refractivity contribution in [3.8, 4) is 5.75 Å². The molecule has 1 atom stereocenters. The second-order valence-corrected chi connectivity index (χ2v) is 5.72. The van der Waals surface area contributed by atoms with E-state index in [1.807, 2.05) is 0 Å². The largest absolute Gasteiger partial charge is 0.493 e. The second kappa shape index (κ2) is 9.47. The van der Waals surface area contributed by atoms with E-state index in [1.54, 1.807) is 12.1 Å². The molecule has 1 saturated heterocycles. The Labute approximate surface area is 136 Å². The lowest BCUT2D eigenvalue weighted by molar-refractivity contribution is -0.121. The molecule has 0 aromatic heterocycles. The predicted octanol–water partition coefficient (Wildman–Crippen LogP) is 1.82. The third-order valence-corrected chi connectivity index (χ3v) is 3.84. The summed E-state index contributed by atoms with van der Waals surface area (Å²) in [5, 5.41) is 2.92. The van der Waals surface area contributed by atoms with Crippen LogP contribution >= 0.6 is 0 Å². The number of nitrogens with zero attached hydrogens (tertiary/aromatic N) is 1. The summed E-state index contributed by atoms with van der Waals surface area (Å²) in [6.07, 6.45) is 1.02. The van der Waals surface area contributed by atoms with Crippen LogP contribution in [0, 0.1) is 5.82 Å². The minimum Gasteiger partial charge on any atom is -0.493 e. The maximum Gasteiger partial charge on any atom is 0.220 e. The number of benzene rings is 1. The maximum atomic E-state index is 13.0. The van der Waals surface area contributed by atoms with Gasteiger partial charge in [0.2, 0.25) is 5.91 Å². The lowest BCUT2D eigenvalue weighted by atomic mass is 10.2. The Bertz CT molecular complexity index is 498. The van der Waals surface area contributed by atoms with Gasteiger partial charge in [0.25, 0.3) is 0 Å². The number of hydrogen-bond donors (Lipinski definition) is 1. The summed E-state index contributed by atoms with van der Waals surface area (Å²) in [4.78, 5) is 14.1. The molecule has 1 aromatic rings. The molecule has 1 N–H and O–H groups in total. The number of morpholine rings is 1. The summed E-state index contributed by atoms with van der Waals surface area (Å²) >= 11 is 0. The van der Waals surface area contributed by atoms with Crippen molar-refractivity contribution >= 4 is 5.91 Å². The molecule has 0 bridgehead atoms. The van der Waals surface area contributed by atoms with Crippen LogP contribution < -0.4 is 10.1 Å². The first-order valence-electron chi connectivity index (χ1n) is 8.12. The first-order chi connectivity index (χ1) is 11.1. The fourth-order valence-corrected chi connectivity index (χ4v) is 2.50. The summed E-state index contributed by atoms with van der Waals surface area (Å²) in [5.74, 6) is 0.193. The number of nitrogens with one attached hydrogen (secondary N) is 1. The van der Waals surface area contributed by atoms with Crippen molar-refractivity contribution in [2.45, 2.75) is 25.8 Å². The van der Waals surface area contributed by atoms with E-state index in [-0.39, 0.29) is 11.7 Å². The Hall–Kier alpha value is -1.66. The monoisotopic (exact) mass is 324 g/mol. The fourth-order valence-electron chi connectivity index (χ4n) is 2.50. The highest BCUT2D eigenvalue weighted by Gasteiger charge is 2.17. The number of rotatable bonds is 8. The van der Waals surface area contributed by atoms with Crippen molar-refractivity contribution < 1.29 is 18.7 Å². The van der Waals surface area contributed by atoms with Crippen molar-refractivity contribution in [2.75, 3.05) is 39.5 Å². The van der Waals surface area contributed by atoms with Crippen molar-refractivity contribution in [3.05, 3.63) is 30.1 Å². The minimum absolute atomic E-state index is 0.0220. The molecule has 0 saturated carbocycles. The smallest absolute Gasteiger partial charge is 0.220 e. The third kappa shape index (κ3) is 6.54. The van der Waals surface area contributed by atoms with Crippen LogP contribution in [-0.4, -0.2) is 56.3 Å². The molecular weight excluding hydrogens is 299 g/mol. The van der Waals surface area contributed by atoms with Crippen LogP contribution in [-0.2, 0) is 9.53 Å². The number of ether oxygens (including phenoxy) is 2. The van der Waals surface area contributed by atoms with Crippen molar-refractivity contribution in [1.82, 2.24) is 10.2 Å². The van der Waals surface area contributed by atoms with Gasteiger partial charge in [0.15, 0.2) is 0 Å². The summed E-state index contributed by atoms with van der Waals surface area (Å²) in [5.41, 5.74) is 0. The molecule has 0 radical (unpaired) electrons. The third-order valence-electron chi connectivity index (χ3n) is 3.84. The molecule has 128 valence electrons. The van der Waals surface area contributed by atoms with Gasteiger partial charge in [0.05, 0.1) is 19.8 Å². The molecule has 0 spiro atoms. The van der Waals surface area contributed by atoms with E-state index in [2.05, 4.69) is 17.1 Å². The van der Waals surface area contributed by atoms with Gasteiger partial charge >= 0.3 is 0 Å². The van der Waals surface area contributed by atoms with E-state index in [0.717, 1.165) is 26.3 Å². The van der Waals surface area contributed by atoms with E-state index in [9.17, 15) is 9.18 Å². The average molecular weight is 324 g/mol. The molecule has 1 aliphatic heterocycles. The summed E-state index contributed by atoms with van der Waals surface area (Å²) in [6.45, 7) is 6.45. The molecule has 5 nitrogen and oxygen atoms in total. The van der Waals surface area contributed by atoms with Gasteiger partial charge in [-0.15, -0.1) is 0 Å². The van der Waals surface area contributed by atoms with Gasteiger partial charge in [-0.1, -0.05) is 6.07 Å². The molecule has 1 aliphatic rings. The Morgan fingerprint density at radius 3 is 3.17 bits per heavy atom. The molecular formula is C17H25FN2O3. The van der Waals surface area contributed by atoms with Gasteiger partial charge in [0.1, 0.15) is 11.6 Å². The van der Waals surface area contributed by atoms with Crippen molar-refractivity contribution in [1.29, 1.82) is 0 Å². The van der Waals surface area contributed by atoms with E-state index in [4.69, 9.17) is 9.47 Å². The lowest BCUT2D eigenvalue weighted by Crippen LogP contribution is -2.46. The molecule has 23 heavy (non-hydrogen) atoms. The van der Waals surface area contributed by atoms with Crippen molar-refractivity contribution in [3.63, 3.8) is 0 Å². The highest BCUT2D eigenvalue weighted by molar-refractivity contribution is 5.75. The van der Waals surface area contributed by atoms with Crippen LogP contribution in [0.2, 0.25) is 0 Å². The molecule has 6 heteroatoms. The zero-order valence-electron chi connectivity index (χ0n) is 13.6. The van der Waals surface area contributed by atoms with Crippen LogP contribution in [0.3, 0.4) is 0 Å². The topological polar surface area (TPSA) is 50.8 Å². The first kappa shape index (κ1) is 17.7. The standard InChI is InChI=1S/C17H25FN2O3/c1-14-13-22-11-9-20(14)8-7-19-17(21)6-3-10-23-16-5-2-4-15(18)12-16/h2,4-5,12,14H,3,6-11,13H2,1H3,(H,19,21)/t14-/m0/s1. The normalized spacial score (nSPS) is 18.6. The molecule has 2 rings (SSSR count). The van der Waals surface area contributed by atoms with Gasteiger partial charge < -0.3 is 14.8 Å². The number of halogens is 1. The zero-order chi connectivity index (χ0) is 16.5. The van der Waals surface area contributed by atoms with E-state index in [1.165, 1.54) is 12.1 Å². The number of carbonyl (C=O) groups excluding carboxylic acids is 1. The van der Waals surface area contributed by atoms with Gasteiger partial charge in [-0.3, -0.25) is 9.69 Å². The average Bonchev–Trinajstić information content (AvgIpc) is 2.53. The lowest BCUT2D eigenvalue weighted by Gasteiger charge is -2.33. The van der Waals surface area contributed by atoms with E-state index < -0.39 is 0 Å².